The van der Waals surface area contributed by atoms with Gasteiger partial charge in [-0.1, -0.05) is 19.1 Å². The summed E-state index contributed by atoms with van der Waals surface area (Å²) >= 11 is 0. The smallest absolute Gasteiger partial charge is 0.206 e. The average Bonchev–Trinajstić information content (AvgIpc) is 2.36. The van der Waals surface area contributed by atoms with E-state index < -0.39 is 30.0 Å². The van der Waals surface area contributed by atoms with E-state index >= 15 is 0 Å². The van der Waals surface area contributed by atoms with E-state index in [2.05, 4.69) is 0 Å². The average molecular weight is 236 g/mol. The normalized spacial score (nSPS) is 23.2. The molecule has 1 aliphatic rings. The fraction of sp³-hybridized carbons (Fsp3) is 0.455. The fourth-order valence-electron chi connectivity index (χ4n) is 2.14. The van der Waals surface area contributed by atoms with Gasteiger partial charge in [0.2, 0.25) is 0 Å². The quantitative estimate of drug-likeness (QED) is 0.597. The van der Waals surface area contributed by atoms with Gasteiger partial charge in [0.25, 0.3) is 5.92 Å². The molecular formula is C11H9F5. The van der Waals surface area contributed by atoms with Gasteiger partial charge in [0.15, 0.2) is 0 Å². The predicted octanol–water partition coefficient (Wildman–Crippen LogP) is 4.00. The number of fused-ring (bicyclic) bond motifs is 1. The lowest BCUT2D eigenvalue weighted by Gasteiger charge is -2.18. The van der Waals surface area contributed by atoms with Crippen LogP contribution in [0.1, 0.15) is 29.5 Å². The molecule has 0 spiro atoms. The summed E-state index contributed by atoms with van der Waals surface area (Å²) in [5.74, 6) is -4.45. The van der Waals surface area contributed by atoms with E-state index in [9.17, 15) is 22.0 Å². The van der Waals surface area contributed by atoms with Crippen molar-refractivity contribution < 1.29 is 22.0 Å². The zero-order chi connectivity index (χ0) is 12.1. The molecule has 0 fully saturated rings. The van der Waals surface area contributed by atoms with Crippen molar-refractivity contribution in [2.45, 2.75) is 31.4 Å². The number of alkyl halides is 5. The van der Waals surface area contributed by atoms with Gasteiger partial charge in [-0.25, -0.2) is 8.78 Å². The van der Waals surface area contributed by atoms with Gasteiger partial charge in [-0.15, -0.1) is 0 Å². The van der Waals surface area contributed by atoms with Gasteiger partial charge in [-0.3, -0.25) is 0 Å². The van der Waals surface area contributed by atoms with E-state index in [-0.39, 0.29) is 11.1 Å². The van der Waals surface area contributed by atoms with Gasteiger partial charge in [-0.2, -0.15) is 13.2 Å². The number of rotatable bonds is 0. The number of hydrogen-bond donors (Lipinski definition) is 0. The molecule has 0 amide bonds. The molecular weight excluding hydrogens is 227 g/mol. The Kier molecular flexibility index (Phi) is 2.26. The molecule has 0 bridgehead atoms. The summed E-state index contributed by atoms with van der Waals surface area (Å²) in [5.41, 5.74) is -1.08. The molecule has 5 heteroatoms. The number of benzene rings is 1. The summed E-state index contributed by atoms with van der Waals surface area (Å²) in [5, 5.41) is 0. The van der Waals surface area contributed by atoms with E-state index in [1.165, 1.54) is 12.1 Å². The van der Waals surface area contributed by atoms with Crippen LogP contribution in [0.15, 0.2) is 18.2 Å². The second-order valence-corrected chi connectivity index (χ2v) is 4.04. The topological polar surface area (TPSA) is 0 Å². The Morgan fingerprint density at radius 3 is 2.44 bits per heavy atom. The lowest BCUT2D eigenvalue weighted by molar-refractivity contribution is -0.138. The van der Waals surface area contributed by atoms with Crippen LogP contribution in [0, 0.1) is 0 Å². The van der Waals surface area contributed by atoms with E-state index in [0.717, 1.165) is 13.0 Å². The van der Waals surface area contributed by atoms with Crippen LogP contribution in [-0.4, -0.2) is 5.92 Å². The van der Waals surface area contributed by atoms with Crippen LogP contribution in [0.5, 0.6) is 0 Å². The summed E-state index contributed by atoms with van der Waals surface area (Å²) in [6, 6.07) is 3.37. The van der Waals surface area contributed by atoms with E-state index in [4.69, 9.17) is 0 Å². The molecule has 1 aromatic rings. The largest absolute Gasteiger partial charge is 0.416 e. The van der Waals surface area contributed by atoms with E-state index in [0.29, 0.717) is 0 Å². The second kappa shape index (κ2) is 3.18. The van der Waals surface area contributed by atoms with Gasteiger partial charge in [0.1, 0.15) is 0 Å². The van der Waals surface area contributed by atoms with Crippen LogP contribution in [0.25, 0.3) is 0 Å². The fourth-order valence-corrected chi connectivity index (χ4v) is 2.14. The molecule has 0 aromatic heterocycles. The summed E-state index contributed by atoms with van der Waals surface area (Å²) < 4.78 is 64.5. The molecule has 0 nitrogen and oxygen atoms in total. The highest BCUT2D eigenvalue weighted by atomic mass is 19.4. The Balaban J connectivity index is 2.60. The Labute approximate surface area is 89.1 Å². The number of halogens is 5. The molecule has 0 radical (unpaired) electrons. The van der Waals surface area contributed by atoms with Gasteiger partial charge >= 0.3 is 6.18 Å². The third-order valence-corrected chi connectivity index (χ3v) is 2.99. The zero-order valence-electron chi connectivity index (χ0n) is 8.41. The summed E-state index contributed by atoms with van der Waals surface area (Å²) in [4.78, 5) is 0. The van der Waals surface area contributed by atoms with Crippen molar-refractivity contribution in [2.24, 2.45) is 0 Å². The molecule has 16 heavy (non-hydrogen) atoms. The third kappa shape index (κ3) is 1.58. The molecule has 88 valence electrons. The molecule has 0 aliphatic heterocycles. The monoisotopic (exact) mass is 236 g/mol. The molecule has 2 rings (SSSR count). The SMILES string of the molecule is CC1c2c(cccc2C(F)(F)F)CC1(F)F. The first-order valence-electron chi connectivity index (χ1n) is 4.80. The Morgan fingerprint density at radius 2 is 1.88 bits per heavy atom. The van der Waals surface area contributed by atoms with Crippen LogP contribution in [0.3, 0.4) is 0 Å². The van der Waals surface area contributed by atoms with Crippen LogP contribution < -0.4 is 0 Å². The van der Waals surface area contributed by atoms with Crippen molar-refractivity contribution in [2.75, 3.05) is 0 Å². The number of hydrogen-bond acceptors (Lipinski definition) is 0. The van der Waals surface area contributed by atoms with Gasteiger partial charge in [0, 0.05) is 12.3 Å². The minimum Gasteiger partial charge on any atom is -0.206 e. The van der Waals surface area contributed by atoms with Crippen molar-refractivity contribution in [3.63, 3.8) is 0 Å². The molecule has 0 N–H and O–H groups in total. The highest BCUT2D eigenvalue weighted by Crippen LogP contribution is 2.48. The second-order valence-electron chi connectivity index (χ2n) is 4.04. The molecule has 0 saturated carbocycles. The third-order valence-electron chi connectivity index (χ3n) is 2.99. The highest BCUT2D eigenvalue weighted by Gasteiger charge is 2.49. The van der Waals surface area contributed by atoms with Crippen LogP contribution in [-0.2, 0) is 12.6 Å². The van der Waals surface area contributed by atoms with Crippen LogP contribution in [0.4, 0.5) is 22.0 Å². The Hall–Kier alpha value is -1.13. The van der Waals surface area contributed by atoms with E-state index in [1.807, 2.05) is 0 Å². The first-order chi connectivity index (χ1) is 7.23. The van der Waals surface area contributed by atoms with Crippen molar-refractivity contribution in [3.8, 4) is 0 Å². The lowest BCUT2D eigenvalue weighted by atomic mass is 9.96. The van der Waals surface area contributed by atoms with Crippen LogP contribution in [0.2, 0.25) is 0 Å². The molecule has 1 atom stereocenters. The molecule has 1 aliphatic carbocycles. The maximum atomic E-state index is 13.3. The molecule has 0 heterocycles. The molecule has 1 aromatic carbocycles. The van der Waals surface area contributed by atoms with Crippen molar-refractivity contribution in [1.29, 1.82) is 0 Å². The maximum Gasteiger partial charge on any atom is 0.416 e. The minimum absolute atomic E-state index is 0.104. The lowest BCUT2D eigenvalue weighted by Crippen LogP contribution is -2.20. The van der Waals surface area contributed by atoms with Gasteiger partial charge < -0.3 is 0 Å². The first-order valence-corrected chi connectivity index (χ1v) is 4.80. The summed E-state index contributed by atoms with van der Waals surface area (Å²) in [6.45, 7) is 1.14. The van der Waals surface area contributed by atoms with Crippen LogP contribution >= 0.6 is 0 Å². The standard InChI is InChI=1S/C11H9F5/c1-6-9-7(5-10(6,12)13)3-2-4-8(9)11(14,15)16/h2-4,6H,5H2,1H3. The van der Waals surface area contributed by atoms with E-state index in [1.54, 1.807) is 0 Å². The Morgan fingerprint density at radius 1 is 1.25 bits per heavy atom. The molecule has 1 unspecified atom stereocenters. The Bertz CT molecular complexity index is 419. The zero-order valence-corrected chi connectivity index (χ0v) is 8.41. The predicted molar refractivity (Wildman–Crippen MR) is 48.5 cm³/mol. The summed E-state index contributed by atoms with van der Waals surface area (Å²) in [7, 11) is 0. The minimum atomic E-state index is -4.57. The van der Waals surface area contributed by atoms with Crippen molar-refractivity contribution in [1.82, 2.24) is 0 Å². The summed E-state index contributed by atoms with van der Waals surface area (Å²) in [6.07, 6.45) is -5.17. The maximum absolute atomic E-state index is 13.3. The van der Waals surface area contributed by atoms with Crippen molar-refractivity contribution in [3.05, 3.63) is 34.9 Å². The first kappa shape index (κ1) is 11.4. The highest BCUT2D eigenvalue weighted by molar-refractivity contribution is 5.45. The van der Waals surface area contributed by atoms with Gasteiger partial charge in [0.05, 0.1) is 5.56 Å². The molecule has 0 saturated heterocycles. The van der Waals surface area contributed by atoms with Crippen molar-refractivity contribution >= 4 is 0 Å². The van der Waals surface area contributed by atoms with Gasteiger partial charge in [-0.05, 0) is 17.2 Å².